The third kappa shape index (κ3) is 3.60. The van der Waals surface area contributed by atoms with Gasteiger partial charge in [-0.25, -0.2) is 4.79 Å². The fraction of sp³-hybridized carbons (Fsp3) is 0.167. The van der Waals surface area contributed by atoms with Crippen LogP contribution in [0.1, 0.15) is 21.7 Å². The molecule has 0 aliphatic carbocycles. The van der Waals surface area contributed by atoms with Crippen LogP contribution >= 0.6 is 0 Å². The molecular weight excluding hydrogens is 308 g/mol. The molecule has 2 aromatic carbocycles. The Morgan fingerprint density at radius 3 is 2.46 bits per heavy atom. The fourth-order valence-electron chi connectivity index (χ4n) is 2.08. The number of aromatic nitrogens is 2. The second kappa shape index (κ2) is 6.95. The number of carbonyl (C=O) groups is 1. The Bertz CT molecular complexity index is 823. The Labute approximate surface area is 139 Å². The molecule has 0 bridgehead atoms. The third-order valence-corrected chi connectivity index (χ3v) is 3.41. The first-order valence-corrected chi connectivity index (χ1v) is 7.36. The Hall–Kier alpha value is -3.15. The smallest absolute Gasteiger partial charge is 0.337 e. The van der Waals surface area contributed by atoms with Crippen molar-refractivity contribution in [3.8, 4) is 17.2 Å². The van der Waals surface area contributed by atoms with Gasteiger partial charge < -0.3 is 14.0 Å². The molecule has 0 fully saturated rings. The predicted octanol–water partition coefficient (Wildman–Crippen LogP) is 3.41. The lowest BCUT2D eigenvalue weighted by molar-refractivity contribution is 0.0600. The van der Waals surface area contributed by atoms with Gasteiger partial charge in [-0.2, -0.15) is 4.98 Å². The van der Waals surface area contributed by atoms with Crippen molar-refractivity contribution in [1.82, 2.24) is 10.1 Å². The number of carbonyl (C=O) groups excluding carboxylic acids is 1. The van der Waals surface area contributed by atoms with Crippen molar-refractivity contribution in [3.05, 3.63) is 65.5 Å². The molecular formula is C18H16N2O4. The lowest BCUT2D eigenvalue weighted by Crippen LogP contribution is -2.01. The first-order valence-electron chi connectivity index (χ1n) is 7.36. The molecule has 0 saturated heterocycles. The van der Waals surface area contributed by atoms with Crippen molar-refractivity contribution < 1.29 is 18.8 Å². The maximum atomic E-state index is 11.4. The van der Waals surface area contributed by atoms with Gasteiger partial charge in [-0.1, -0.05) is 22.9 Å². The van der Waals surface area contributed by atoms with Crippen LogP contribution in [0, 0.1) is 6.92 Å². The normalized spacial score (nSPS) is 10.4. The highest BCUT2D eigenvalue weighted by Crippen LogP contribution is 2.19. The van der Waals surface area contributed by atoms with Gasteiger partial charge in [0, 0.05) is 5.56 Å². The van der Waals surface area contributed by atoms with Gasteiger partial charge in [-0.3, -0.25) is 0 Å². The van der Waals surface area contributed by atoms with Gasteiger partial charge in [0.1, 0.15) is 5.75 Å². The molecule has 3 rings (SSSR count). The van der Waals surface area contributed by atoms with Gasteiger partial charge >= 0.3 is 5.97 Å². The topological polar surface area (TPSA) is 74.5 Å². The molecule has 3 aromatic rings. The number of benzene rings is 2. The van der Waals surface area contributed by atoms with E-state index in [4.69, 9.17) is 9.26 Å². The zero-order chi connectivity index (χ0) is 16.9. The van der Waals surface area contributed by atoms with Gasteiger partial charge in [-0.05, 0) is 43.3 Å². The number of esters is 1. The van der Waals surface area contributed by atoms with Crippen LogP contribution in [0.4, 0.5) is 0 Å². The Morgan fingerprint density at radius 1 is 1.08 bits per heavy atom. The second-order valence-electron chi connectivity index (χ2n) is 5.19. The summed E-state index contributed by atoms with van der Waals surface area (Å²) in [6.45, 7) is 2.19. The molecule has 0 atom stereocenters. The predicted molar refractivity (Wildman–Crippen MR) is 86.6 cm³/mol. The summed E-state index contributed by atoms with van der Waals surface area (Å²) in [5.74, 6) is 1.11. The fourth-order valence-corrected chi connectivity index (χ4v) is 2.08. The van der Waals surface area contributed by atoms with Crippen molar-refractivity contribution >= 4 is 5.97 Å². The minimum Gasteiger partial charge on any atom is -0.485 e. The van der Waals surface area contributed by atoms with Crippen LogP contribution < -0.4 is 4.74 Å². The molecule has 0 aliphatic rings. The summed E-state index contributed by atoms with van der Waals surface area (Å²) in [6, 6.07) is 14.5. The lowest BCUT2D eigenvalue weighted by atomic mass is 10.1. The highest BCUT2D eigenvalue weighted by molar-refractivity contribution is 5.89. The average Bonchev–Trinajstić information content (AvgIpc) is 3.09. The Balaban J connectivity index is 1.63. The number of nitrogens with zero attached hydrogens (tertiary/aromatic N) is 2. The Morgan fingerprint density at radius 2 is 1.79 bits per heavy atom. The Kier molecular flexibility index (Phi) is 4.56. The molecule has 24 heavy (non-hydrogen) atoms. The summed E-state index contributed by atoms with van der Waals surface area (Å²) < 4.78 is 15.5. The average molecular weight is 324 g/mol. The number of hydrogen-bond acceptors (Lipinski definition) is 6. The van der Waals surface area contributed by atoms with E-state index in [0.29, 0.717) is 23.0 Å². The van der Waals surface area contributed by atoms with E-state index in [1.165, 1.54) is 7.11 Å². The molecule has 0 unspecified atom stereocenters. The first kappa shape index (κ1) is 15.7. The minimum absolute atomic E-state index is 0.174. The van der Waals surface area contributed by atoms with Gasteiger partial charge in [0.2, 0.25) is 5.82 Å². The van der Waals surface area contributed by atoms with Crippen molar-refractivity contribution in [2.45, 2.75) is 13.5 Å². The number of ether oxygens (including phenoxy) is 2. The summed E-state index contributed by atoms with van der Waals surface area (Å²) in [7, 11) is 1.34. The number of methoxy groups -OCH3 is 1. The van der Waals surface area contributed by atoms with Crippen LogP contribution in [-0.4, -0.2) is 23.2 Å². The molecule has 0 aliphatic heterocycles. The van der Waals surface area contributed by atoms with E-state index in [9.17, 15) is 4.79 Å². The van der Waals surface area contributed by atoms with Crippen LogP contribution in [0.25, 0.3) is 11.5 Å². The lowest BCUT2D eigenvalue weighted by Gasteiger charge is -2.04. The number of hydrogen-bond donors (Lipinski definition) is 0. The van der Waals surface area contributed by atoms with Crippen LogP contribution in [0.3, 0.4) is 0 Å². The summed E-state index contributed by atoms with van der Waals surface area (Å²) in [6.07, 6.45) is 0. The van der Waals surface area contributed by atoms with Gasteiger partial charge in [-0.15, -0.1) is 0 Å². The van der Waals surface area contributed by atoms with Crippen LogP contribution in [0.2, 0.25) is 0 Å². The molecule has 0 saturated carbocycles. The molecule has 0 spiro atoms. The van der Waals surface area contributed by atoms with Crippen LogP contribution in [0.15, 0.2) is 53.1 Å². The van der Waals surface area contributed by atoms with Gasteiger partial charge in [0.25, 0.3) is 5.89 Å². The minimum atomic E-state index is -0.387. The van der Waals surface area contributed by atoms with E-state index < -0.39 is 0 Å². The molecule has 0 radical (unpaired) electrons. The standard InChI is InChI=1S/C18H16N2O4/c1-12-3-5-13(6-4-12)17-19-16(20-24-17)11-23-15-9-7-14(8-10-15)18(21)22-2/h3-10H,11H2,1-2H3. The molecule has 0 amide bonds. The van der Waals surface area contributed by atoms with Crippen molar-refractivity contribution in [2.75, 3.05) is 7.11 Å². The molecule has 6 nitrogen and oxygen atoms in total. The van der Waals surface area contributed by atoms with E-state index in [-0.39, 0.29) is 12.6 Å². The van der Waals surface area contributed by atoms with Crippen LogP contribution in [-0.2, 0) is 11.3 Å². The second-order valence-corrected chi connectivity index (χ2v) is 5.19. The number of rotatable bonds is 5. The quantitative estimate of drug-likeness (QED) is 0.670. The van der Waals surface area contributed by atoms with Crippen molar-refractivity contribution in [2.24, 2.45) is 0 Å². The summed E-state index contributed by atoms with van der Waals surface area (Å²) >= 11 is 0. The molecule has 6 heteroatoms. The van der Waals surface area contributed by atoms with E-state index >= 15 is 0 Å². The highest BCUT2D eigenvalue weighted by atomic mass is 16.5. The van der Waals surface area contributed by atoms with Gasteiger partial charge in [0.05, 0.1) is 12.7 Å². The van der Waals surface area contributed by atoms with Gasteiger partial charge in [0.15, 0.2) is 6.61 Å². The molecule has 1 aromatic heterocycles. The largest absolute Gasteiger partial charge is 0.485 e. The van der Waals surface area contributed by atoms with E-state index in [1.807, 2.05) is 31.2 Å². The van der Waals surface area contributed by atoms with Crippen molar-refractivity contribution in [1.29, 1.82) is 0 Å². The SMILES string of the molecule is COC(=O)c1ccc(OCc2noc(-c3ccc(C)cc3)n2)cc1. The monoisotopic (exact) mass is 324 g/mol. The highest BCUT2D eigenvalue weighted by Gasteiger charge is 2.10. The third-order valence-electron chi connectivity index (χ3n) is 3.41. The maximum Gasteiger partial charge on any atom is 0.337 e. The van der Waals surface area contributed by atoms with E-state index in [0.717, 1.165) is 11.1 Å². The zero-order valence-electron chi connectivity index (χ0n) is 13.4. The van der Waals surface area contributed by atoms with E-state index in [1.54, 1.807) is 24.3 Å². The molecule has 1 heterocycles. The molecule has 122 valence electrons. The number of aryl methyl sites for hydroxylation is 1. The van der Waals surface area contributed by atoms with Crippen molar-refractivity contribution in [3.63, 3.8) is 0 Å². The summed E-state index contributed by atoms with van der Waals surface area (Å²) in [5.41, 5.74) is 2.49. The maximum absolute atomic E-state index is 11.4. The summed E-state index contributed by atoms with van der Waals surface area (Å²) in [5, 5.41) is 3.90. The molecule has 0 N–H and O–H groups in total. The summed E-state index contributed by atoms with van der Waals surface area (Å²) in [4.78, 5) is 15.7. The zero-order valence-corrected chi connectivity index (χ0v) is 13.4. The van der Waals surface area contributed by atoms with E-state index in [2.05, 4.69) is 14.9 Å². The van der Waals surface area contributed by atoms with Crippen LogP contribution in [0.5, 0.6) is 5.75 Å². The first-order chi connectivity index (χ1) is 11.7.